The zero-order valence-corrected chi connectivity index (χ0v) is 24.0. The lowest BCUT2D eigenvalue weighted by molar-refractivity contribution is 0.569. The summed E-state index contributed by atoms with van der Waals surface area (Å²) in [6.45, 7) is 13.7. The third-order valence-corrected chi connectivity index (χ3v) is 7.37. The number of rotatable bonds is 5. The highest BCUT2D eigenvalue weighted by atomic mass is 14.9. The first-order valence-corrected chi connectivity index (χ1v) is 13.9. The van der Waals surface area contributed by atoms with E-state index in [2.05, 4.69) is 168 Å². The number of para-hydroxylation sites is 1. The van der Waals surface area contributed by atoms with Gasteiger partial charge in [0.1, 0.15) is 0 Å². The summed E-state index contributed by atoms with van der Waals surface area (Å²) in [5, 5.41) is 3.68. The quantitative estimate of drug-likeness (QED) is 0.248. The SMILES string of the molecule is CC(C)(C)c1cc(-c2ccc(Nc3ccccc3-c3cccc(-c4ccccc4)c3)cc2)cc(C(C)(C)C)c1. The largest absolute Gasteiger partial charge is 0.355 e. The fourth-order valence-corrected chi connectivity index (χ4v) is 4.90. The highest BCUT2D eigenvalue weighted by Crippen LogP contribution is 2.36. The minimum absolute atomic E-state index is 0.0963. The Labute approximate surface area is 234 Å². The van der Waals surface area contributed by atoms with Gasteiger partial charge in [-0.15, -0.1) is 0 Å². The summed E-state index contributed by atoms with van der Waals surface area (Å²) in [6.07, 6.45) is 0. The maximum absolute atomic E-state index is 3.68. The molecule has 1 N–H and O–H groups in total. The van der Waals surface area contributed by atoms with Gasteiger partial charge >= 0.3 is 0 Å². The second-order valence-electron chi connectivity index (χ2n) is 12.5. The van der Waals surface area contributed by atoms with Crippen LogP contribution in [0.5, 0.6) is 0 Å². The first-order valence-electron chi connectivity index (χ1n) is 13.9. The van der Waals surface area contributed by atoms with Crippen molar-refractivity contribution in [1.82, 2.24) is 0 Å². The monoisotopic (exact) mass is 509 g/mol. The van der Waals surface area contributed by atoms with Crippen molar-refractivity contribution in [3.05, 3.63) is 132 Å². The van der Waals surface area contributed by atoms with Crippen LogP contribution in [0, 0.1) is 0 Å². The van der Waals surface area contributed by atoms with E-state index in [0.29, 0.717) is 0 Å². The Morgan fingerprint density at radius 3 is 1.59 bits per heavy atom. The predicted molar refractivity (Wildman–Crippen MR) is 170 cm³/mol. The molecule has 0 aliphatic carbocycles. The van der Waals surface area contributed by atoms with Gasteiger partial charge in [-0.25, -0.2) is 0 Å². The summed E-state index contributed by atoms with van der Waals surface area (Å²) in [7, 11) is 0. The molecule has 0 radical (unpaired) electrons. The Hall–Kier alpha value is -4.10. The summed E-state index contributed by atoms with van der Waals surface area (Å²) >= 11 is 0. The molecule has 1 nitrogen and oxygen atoms in total. The lowest BCUT2D eigenvalue weighted by Crippen LogP contribution is -2.16. The highest BCUT2D eigenvalue weighted by molar-refractivity contribution is 5.83. The van der Waals surface area contributed by atoms with Gasteiger partial charge in [-0.2, -0.15) is 0 Å². The molecule has 0 bridgehead atoms. The smallest absolute Gasteiger partial charge is 0.0463 e. The Morgan fingerprint density at radius 2 is 0.949 bits per heavy atom. The molecule has 0 heterocycles. The summed E-state index contributed by atoms with van der Waals surface area (Å²) < 4.78 is 0. The molecule has 0 unspecified atom stereocenters. The number of anilines is 2. The van der Waals surface area contributed by atoms with Crippen molar-refractivity contribution >= 4 is 11.4 Å². The average Bonchev–Trinajstić information content (AvgIpc) is 2.93. The van der Waals surface area contributed by atoms with Gasteiger partial charge in [0.25, 0.3) is 0 Å². The average molecular weight is 510 g/mol. The molecular weight excluding hydrogens is 470 g/mol. The van der Waals surface area contributed by atoms with Crippen LogP contribution in [0.15, 0.2) is 121 Å². The second-order valence-corrected chi connectivity index (χ2v) is 12.5. The molecule has 39 heavy (non-hydrogen) atoms. The topological polar surface area (TPSA) is 12.0 Å². The van der Waals surface area contributed by atoms with Crippen LogP contribution in [0.25, 0.3) is 33.4 Å². The highest BCUT2D eigenvalue weighted by Gasteiger charge is 2.21. The Bertz CT molecular complexity index is 1530. The molecule has 0 atom stereocenters. The molecule has 5 aromatic carbocycles. The molecule has 5 rings (SSSR count). The Balaban J connectivity index is 1.44. The number of hydrogen-bond acceptors (Lipinski definition) is 1. The van der Waals surface area contributed by atoms with Crippen LogP contribution in [0.1, 0.15) is 52.7 Å². The van der Waals surface area contributed by atoms with Crippen molar-refractivity contribution in [3.8, 4) is 33.4 Å². The van der Waals surface area contributed by atoms with Crippen LogP contribution in [0.2, 0.25) is 0 Å². The van der Waals surface area contributed by atoms with E-state index in [1.165, 1.54) is 44.5 Å². The Morgan fingerprint density at radius 1 is 0.410 bits per heavy atom. The third-order valence-electron chi connectivity index (χ3n) is 7.37. The van der Waals surface area contributed by atoms with E-state index < -0.39 is 0 Å². The minimum Gasteiger partial charge on any atom is -0.355 e. The van der Waals surface area contributed by atoms with Gasteiger partial charge in [0.2, 0.25) is 0 Å². The third kappa shape index (κ3) is 6.15. The van der Waals surface area contributed by atoms with Crippen LogP contribution in [-0.4, -0.2) is 0 Å². The molecular formula is C38H39N. The first kappa shape index (κ1) is 26.5. The van der Waals surface area contributed by atoms with Crippen LogP contribution in [0.4, 0.5) is 11.4 Å². The van der Waals surface area contributed by atoms with Crippen molar-refractivity contribution in [3.63, 3.8) is 0 Å². The summed E-state index contributed by atoms with van der Waals surface area (Å²) in [4.78, 5) is 0. The molecule has 0 aliphatic heterocycles. The van der Waals surface area contributed by atoms with Crippen LogP contribution in [0.3, 0.4) is 0 Å². The number of hydrogen-bond donors (Lipinski definition) is 1. The lowest BCUT2D eigenvalue weighted by atomic mass is 9.79. The summed E-state index contributed by atoms with van der Waals surface area (Å²) in [6, 6.07) is 43.8. The van der Waals surface area contributed by atoms with Gasteiger partial charge in [0.05, 0.1) is 0 Å². The van der Waals surface area contributed by atoms with Gasteiger partial charge in [0.15, 0.2) is 0 Å². The Kier molecular flexibility index (Phi) is 7.19. The predicted octanol–water partition coefficient (Wildman–Crippen LogP) is 11.0. The maximum atomic E-state index is 3.68. The molecule has 0 saturated heterocycles. The second kappa shape index (κ2) is 10.6. The maximum Gasteiger partial charge on any atom is 0.0463 e. The van der Waals surface area contributed by atoms with Crippen molar-refractivity contribution in [2.75, 3.05) is 5.32 Å². The fourth-order valence-electron chi connectivity index (χ4n) is 4.90. The van der Waals surface area contributed by atoms with E-state index >= 15 is 0 Å². The lowest BCUT2D eigenvalue weighted by Gasteiger charge is -2.26. The van der Waals surface area contributed by atoms with Gasteiger partial charge in [0, 0.05) is 16.9 Å². The van der Waals surface area contributed by atoms with Crippen molar-refractivity contribution < 1.29 is 0 Å². The van der Waals surface area contributed by atoms with Gasteiger partial charge in [-0.05, 0) is 74.0 Å². The molecule has 0 saturated carbocycles. The van der Waals surface area contributed by atoms with Crippen LogP contribution < -0.4 is 5.32 Å². The molecule has 0 aromatic heterocycles. The van der Waals surface area contributed by atoms with Crippen molar-refractivity contribution in [1.29, 1.82) is 0 Å². The summed E-state index contributed by atoms with van der Waals surface area (Å²) in [5.41, 5.74) is 12.5. The van der Waals surface area contributed by atoms with Gasteiger partial charge < -0.3 is 5.32 Å². The van der Waals surface area contributed by atoms with Crippen LogP contribution in [-0.2, 0) is 10.8 Å². The van der Waals surface area contributed by atoms with E-state index in [9.17, 15) is 0 Å². The molecule has 0 fully saturated rings. The van der Waals surface area contributed by atoms with Gasteiger partial charge in [-0.1, -0.05) is 139 Å². The first-order chi connectivity index (χ1) is 18.6. The molecule has 196 valence electrons. The van der Waals surface area contributed by atoms with Crippen molar-refractivity contribution in [2.45, 2.75) is 52.4 Å². The number of nitrogens with one attached hydrogen (secondary N) is 1. The van der Waals surface area contributed by atoms with Gasteiger partial charge in [-0.3, -0.25) is 0 Å². The zero-order chi connectivity index (χ0) is 27.6. The summed E-state index contributed by atoms with van der Waals surface area (Å²) in [5.74, 6) is 0. The molecule has 0 aliphatic rings. The molecule has 5 aromatic rings. The number of benzene rings is 5. The molecule has 0 amide bonds. The standard InChI is InChI=1S/C38H39N/c1-37(2,3)32-24-31(25-33(26-32)38(4,5)6)28-19-21-34(22-20-28)39-36-18-11-10-17-35(36)30-16-12-15-29(23-30)27-13-8-7-9-14-27/h7-26,39H,1-6H3. The van der Waals surface area contributed by atoms with E-state index in [1.807, 2.05) is 0 Å². The molecule has 0 spiro atoms. The minimum atomic E-state index is 0.0963. The zero-order valence-electron chi connectivity index (χ0n) is 24.0. The van der Waals surface area contributed by atoms with Crippen LogP contribution >= 0.6 is 0 Å². The normalized spacial score (nSPS) is 11.8. The molecule has 1 heteroatoms. The van der Waals surface area contributed by atoms with E-state index in [1.54, 1.807) is 0 Å². The van der Waals surface area contributed by atoms with E-state index in [4.69, 9.17) is 0 Å². The fraction of sp³-hybridized carbons (Fsp3) is 0.211. The van der Waals surface area contributed by atoms with E-state index in [-0.39, 0.29) is 10.8 Å². The van der Waals surface area contributed by atoms with Crippen molar-refractivity contribution in [2.24, 2.45) is 0 Å². The van der Waals surface area contributed by atoms with E-state index in [0.717, 1.165) is 11.4 Å².